The Morgan fingerprint density at radius 2 is 1.85 bits per heavy atom. The summed E-state index contributed by atoms with van der Waals surface area (Å²) in [6.45, 7) is 0. The number of halogens is 1. The maximum absolute atomic E-state index is 5.69. The Balaban J connectivity index is 2.15. The Hall–Kier alpha value is -1.41. The minimum atomic E-state index is 0.575. The Morgan fingerprint density at radius 3 is 2.46 bits per heavy atom. The van der Waals surface area contributed by atoms with Gasteiger partial charge in [0.15, 0.2) is 0 Å². The summed E-state index contributed by atoms with van der Waals surface area (Å²) in [5.41, 5.74) is 0. The van der Waals surface area contributed by atoms with E-state index in [2.05, 4.69) is 4.98 Å². The standard InChI is InChI=1S/C10H8ClNO/c11-10-6-9(7-12-10)13-8-4-2-1-3-5-8/h1-7,12H. The molecule has 66 valence electrons. The first-order chi connectivity index (χ1) is 6.34. The number of aromatic nitrogens is 1. The van der Waals surface area contributed by atoms with Crippen LogP contribution in [0.5, 0.6) is 11.5 Å². The van der Waals surface area contributed by atoms with Crippen LogP contribution in [0.15, 0.2) is 42.6 Å². The average molecular weight is 194 g/mol. The zero-order valence-electron chi connectivity index (χ0n) is 6.83. The number of benzene rings is 1. The summed E-state index contributed by atoms with van der Waals surface area (Å²) in [4.78, 5) is 2.83. The van der Waals surface area contributed by atoms with Crippen LogP contribution in [0.1, 0.15) is 0 Å². The maximum Gasteiger partial charge on any atom is 0.146 e. The highest BCUT2D eigenvalue weighted by molar-refractivity contribution is 6.29. The predicted octanol–water partition coefficient (Wildman–Crippen LogP) is 3.46. The molecular weight excluding hydrogens is 186 g/mol. The third-order valence-electron chi connectivity index (χ3n) is 1.60. The predicted molar refractivity (Wildman–Crippen MR) is 52.3 cm³/mol. The lowest BCUT2D eigenvalue weighted by Gasteiger charge is -2.00. The normalized spacial score (nSPS) is 9.92. The average Bonchev–Trinajstić information content (AvgIpc) is 2.53. The SMILES string of the molecule is Clc1cc(Oc2ccccc2)c[nH]1. The minimum Gasteiger partial charge on any atom is -0.456 e. The van der Waals surface area contributed by atoms with Crippen LogP contribution >= 0.6 is 11.6 Å². The second-order valence-corrected chi connectivity index (χ2v) is 3.01. The van der Waals surface area contributed by atoms with Gasteiger partial charge in [-0.25, -0.2) is 0 Å². The second-order valence-electron chi connectivity index (χ2n) is 2.60. The van der Waals surface area contributed by atoms with Crippen molar-refractivity contribution in [3.8, 4) is 11.5 Å². The molecule has 3 heteroatoms. The molecule has 0 aliphatic rings. The molecule has 1 N–H and O–H groups in total. The van der Waals surface area contributed by atoms with Gasteiger partial charge in [-0.1, -0.05) is 29.8 Å². The van der Waals surface area contributed by atoms with Gasteiger partial charge < -0.3 is 9.72 Å². The molecule has 0 unspecified atom stereocenters. The Morgan fingerprint density at radius 1 is 1.08 bits per heavy atom. The Kier molecular flexibility index (Phi) is 2.23. The number of hydrogen-bond acceptors (Lipinski definition) is 1. The van der Waals surface area contributed by atoms with Gasteiger partial charge in [-0.3, -0.25) is 0 Å². The molecule has 0 saturated heterocycles. The number of rotatable bonds is 2. The Bertz CT molecular complexity index is 383. The molecule has 2 rings (SSSR count). The number of aromatic amines is 1. The van der Waals surface area contributed by atoms with Crippen LogP contribution in [0.2, 0.25) is 5.15 Å². The van der Waals surface area contributed by atoms with Gasteiger partial charge in [0, 0.05) is 12.3 Å². The van der Waals surface area contributed by atoms with E-state index < -0.39 is 0 Å². The van der Waals surface area contributed by atoms with Gasteiger partial charge in [0.25, 0.3) is 0 Å². The lowest BCUT2D eigenvalue weighted by atomic mass is 10.3. The molecular formula is C10H8ClNO. The van der Waals surface area contributed by atoms with Gasteiger partial charge in [-0.15, -0.1) is 0 Å². The van der Waals surface area contributed by atoms with Crippen LogP contribution < -0.4 is 4.74 Å². The van der Waals surface area contributed by atoms with E-state index in [1.54, 1.807) is 12.3 Å². The van der Waals surface area contributed by atoms with Crippen molar-refractivity contribution in [3.05, 3.63) is 47.7 Å². The summed E-state index contributed by atoms with van der Waals surface area (Å²) in [6, 6.07) is 11.3. The lowest BCUT2D eigenvalue weighted by Crippen LogP contribution is -1.79. The second kappa shape index (κ2) is 3.54. The fourth-order valence-corrected chi connectivity index (χ4v) is 1.19. The van der Waals surface area contributed by atoms with Crippen LogP contribution in [0.25, 0.3) is 0 Å². The molecule has 2 nitrogen and oxygen atoms in total. The fourth-order valence-electron chi connectivity index (χ4n) is 1.03. The van der Waals surface area contributed by atoms with Crippen LogP contribution in [0, 0.1) is 0 Å². The van der Waals surface area contributed by atoms with Crippen LogP contribution in [-0.4, -0.2) is 4.98 Å². The van der Waals surface area contributed by atoms with E-state index in [9.17, 15) is 0 Å². The van der Waals surface area contributed by atoms with Crippen molar-refractivity contribution in [2.75, 3.05) is 0 Å². The van der Waals surface area contributed by atoms with Crippen LogP contribution in [0.3, 0.4) is 0 Å². The maximum atomic E-state index is 5.69. The first kappa shape index (κ1) is 8.20. The van der Waals surface area contributed by atoms with Gasteiger partial charge in [-0.2, -0.15) is 0 Å². The van der Waals surface area contributed by atoms with Crippen molar-refractivity contribution in [2.45, 2.75) is 0 Å². The fraction of sp³-hybridized carbons (Fsp3) is 0. The summed E-state index contributed by atoms with van der Waals surface area (Å²) in [5.74, 6) is 1.52. The molecule has 0 saturated carbocycles. The van der Waals surface area contributed by atoms with Gasteiger partial charge >= 0.3 is 0 Å². The number of ether oxygens (including phenoxy) is 1. The minimum absolute atomic E-state index is 0.575. The summed E-state index contributed by atoms with van der Waals surface area (Å²) in [5, 5.41) is 0.575. The molecule has 13 heavy (non-hydrogen) atoms. The number of para-hydroxylation sites is 1. The van der Waals surface area contributed by atoms with E-state index >= 15 is 0 Å². The van der Waals surface area contributed by atoms with E-state index in [1.165, 1.54) is 0 Å². The molecule has 1 heterocycles. The van der Waals surface area contributed by atoms with E-state index in [0.29, 0.717) is 5.15 Å². The number of H-pyrrole nitrogens is 1. The number of nitrogens with one attached hydrogen (secondary N) is 1. The topological polar surface area (TPSA) is 25.0 Å². The first-order valence-electron chi connectivity index (χ1n) is 3.91. The van der Waals surface area contributed by atoms with Crippen molar-refractivity contribution in [1.29, 1.82) is 0 Å². The quantitative estimate of drug-likeness (QED) is 0.777. The molecule has 0 atom stereocenters. The number of hydrogen-bond donors (Lipinski definition) is 1. The van der Waals surface area contributed by atoms with Crippen molar-refractivity contribution < 1.29 is 4.74 Å². The highest BCUT2D eigenvalue weighted by Crippen LogP contribution is 2.22. The summed E-state index contributed by atoms with van der Waals surface area (Å²) < 4.78 is 5.48. The van der Waals surface area contributed by atoms with Gasteiger partial charge in [0.2, 0.25) is 0 Å². The van der Waals surface area contributed by atoms with Crippen molar-refractivity contribution >= 4 is 11.6 Å². The van der Waals surface area contributed by atoms with Crippen molar-refractivity contribution in [3.63, 3.8) is 0 Å². The van der Waals surface area contributed by atoms with Gasteiger partial charge in [-0.05, 0) is 12.1 Å². The third-order valence-corrected chi connectivity index (χ3v) is 1.82. The highest BCUT2D eigenvalue weighted by atomic mass is 35.5. The molecule has 2 aromatic rings. The molecule has 0 amide bonds. The smallest absolute Gasteiger partial charge is 0.146 e. The summed E-state index contributed by atoms with van der Waals surface area (Å²) >= 11 is 5.69. The first-order valence-corrected chi connectivity index (χ1v) is 4.29. The van der Waals surface area contributed by atoms with E-state index in [4.69, 9.17) is 16.3 Å². The lowest BCUT2D eigenvalue weighted by molar-refractivity contribution is 0.483. The molecule has 1 aromatic heterocycles. The molecule has 0 fully saturated rings. The zero-order chi connectivity index (χ0) is 9.10. The third kappa shape index (κ3) is 2.04. The molecule has 1 aromatic carbocycles. The van der Waals surface area contributed by atoms with E-state index in [-0.39, 0.29) is 0 Å². The Labute approximate surface area is 81.1 Å². The summed E-state index contributed by atoms with van der Waals surface area (Å²) in [7, 11) is 0. The van der Waals surface area contributed by atoms with E-state index in [0.717, 1.165) is 11.5 Å². The largest absolute Gasteiger partial charge is 0.456 e. The van der Waals surface area contributed by atoms with Gasteiger partial charge in [0.05, 0.1) is 0 Å². The summed E-state index contributed by atoms with van der Waals surface area (Å²) in [6.07, 6.45) is 1.72. The monoisotopic (exact) mass is 193 g/mol. The van der Waals surface area contributed by atoms with Crippen LogP contribution in [-0.2, 0) is 0 Å². The molecule has 0 bridgehead atoms. The molecule has 0 radical (unpaired) electrons. The van der Waals surface area contributed by atoms with Crippen molar-refractivity contribution in [1.82, 2.24) is 4.98 Å². The highest BCUT2D eigenvalue weighted by Gasteiger charge is 1.98. The molecule has 0 aliphatic carbocycles. The van der Waals surface area contributed by atoms with Crippen LogP contribution in [0.4, 0.5) is 0 Å². The zero-order valence-corrected chi connectivity index (χ0v) is 7.58. The van der Waals surface area contributed by atoms with E-state index in [1.807, 2.05) is 30.3 Å². The molecule has 0 aliphatic heterocycles. The van der Waals surface area contributed by atoms with Crippen molar-refractivity contribution in [2.24, 2.45) is 0 Å². The molecule has 0 spiro atoms. The van der Waals surface area contributed by atoms with Gasteiger partial charge in [0.1, 0.15) is 16.7 Å².